The first-order valence-electron chi connectivity index (χ1n) is 5.59. The summed E-state index contributed by atoms with van der Waals surface area (Å²) in [6.45, 7) is 1.07. The third-order valence-corrected chi connectivity index (χ3v) is 3.17. The quantitative estimate of drug-likeness (QED) is 0.830. The first kappa shape index (κ1) is 12.0. The Labute approximate surface area is 105 Å². The second-order valence-electron chi connectivity index (χ2n) is 4.07. The number of halogens is 1. The van der Waals surface area contributed by atoms with Gasteiger partial charge in [0.1, 0.15) is 0 Å². The first-order valence-corrected chi connectivity index (χ1v) is 5.97. The monoisotopic (exact) mass is 251 g/mol. The van der Waals surface area contributed by atoms with Crippen molar-refractivity contribution in [3.63, 3.8) is 0 Å². The Morgan fingerprint density at radius 1 is 1.29 bits per heavy atom. The highest BCUT2D eigenvalue weighted by Crippen LogP contribution is 2.24. The van der Waals surface area contributed by atoms with Gasteiger partial charge in [0.25, 0.3) is 0 Å². The van der Waals surface area contributed by atoms with Crippen molar-refractivity contribution in [2.75, 3.05) is 13.1 Å². The Morgan fingerprint density at radius 3 is 2.65 bits per heavy atom. The molecule has 0 atom stereocenters. The van der Waals surface area contributed by atoms with E-state index in [4.69, 9.17) is 16.7 Å². The minimum Gasteiger partial charge on any atom is -0.465 e. The van der Waals surface area contributed by atoms with E-state index in [0.717, 1.165) is 23.4 Å². The molecule has 3 nitrogen and oxygen atoms in total. The van der Waals surface area contributed by atoms with Gasteiger partial charge in [-0.15, -0.1) is 0 Å². The van der Waals surface area contributed by atoms with Gasteiger partial charge in [0.05, 0.1) is 0 Å². The normalized spacial score (nSPS) is 16.3. The molecule has 4 heteroatoms. The summed E-state index contributed by atoms with van der Waals surface area (Å²) < 4.78 is 0. The number of hydrogen-bond acceptors (Lipinski definition) is 1. The Hall–Kier alpha value is -1.48. The fourth-order valence-electron chi connectivity index (χ4n) is 1.97. The van der Waals surface area contributed by atoms with E-state index in [1.165, 1.54) is 10.5 Å². The maximum absolute atomic E-state index is 10.9. The van der Waals surface area contributed by atoms with Crippen LogP contribution in [0.3, 0.4) is 0 Å². The zero-order valence-corrected chi connectivity index (χ0v) is 10.2. The molecule has 1 aromatic rings. The zero-order valence-electron chi connectivity index (χ0n) is 9.40. The first-order chi connectivity index (χ1) is 8.16. The summed E-state index contributed by atoms with van der Waals surface area (Å²) >= 11 is 5.84. The molecule has 0 unspecified atom stereocenters. The number of hydrogen-bond donors (Lipinski definition) is 1. The second kappa shape index (κ2) is 5.23. The molecule has 0 fully saturated rings. The number of carboxylic acid groups (broad SMARTS) is 1. The van der Waals surface area contributed by atoms with E-state index in [9.17, 15) is 4.79 Å². The highest BCUT2D eigenvalue weighted by Gasteiger charge is 2.14. The summed E-state index contributed by atoms with van der Waals surface area (Å²) in [5.74, 6) is 0. The largest absolute Gasteiger partial charge is 0.465 e. The molecule has 0 aliphatic carbocycles. The van der Waals surface area contributed by atoms with Crippen molar-refractivity contribution >= 4 is 23.3 Å². The van der Waals surface area contributed by atoms with Crippen LogP contribution in [0.1, 0.15) is 18.4 Å². The Kier molecular flexibility index (Phi) is 3.69. The number of allylic oxidation sites excluding steroid dienone is 1. The summed E-state index contributed by atoms with van der Waals surface area (Å²) in [5.41, 5.74) is 2.33. The van der Waals surface area contributed by atoms with Crippen molar-refractivity contribution in [3.05, 3.63) is 40.9 Å². The topological polar surface area (TPSA) is 40.5 Å². The summed E-state index contributed by atoms with van der Waals surface area (Å²) in [4.78, 5) is 12.3. The maximum Gasteiger partial charge on any atom is 0.407 e. The molecule has 1 N–H and O–H groups in total. The lowest BCUT2D eigenvalue weighted by Crippen LogP contribution is -2.29. The van der Waals surface area contributed by atoms with Crippen molar-refractivity contribution in [2.24, 2.45) is 0 Å². The van der Waals surface area contributed by atoms with Crippen molar-refractivity contribution in [2.45, 2.75) is 12.8 Å². The van der Waals surface area contributed by atoms with Gasteiger partial charge in [-0.2, -0.15) is 0 Å². The molecule has 90 valence electrons. The van der Waals surface area contributed by atoms with E-state index in [-0.39, 0.29) is 0 Å². The van der Waals surface area contributed by atoms with Crippen LogP contribution in [-0.4, -0.2) is 29.2 Å². The highest BCUT2D eigenvalue weighted by atomic mass is 35.5. The van der Waals surface area contributed by atoms with E-state index in [1.807, 2.05) is 30.3 Å². The van der Waals surface area contributed by atoms with Crippen molar-refractivity contribution in [1.29, 1.82) is 0 Å². The van der Waals surface area contributed by atoms with Crippen molar-refractivity contribution in [3.8, 4) is 0 Å². The van der Waals surface area contributed by atoms with Crippen LogP contribution in [0.4, 0.5) is 4.79 Å². The Balaban J connectivity index is 2.16. The predicted molar refractivity (Wildman–Crippen MR) is 68.3 cm³/mol. The van der Waals surface area contributed by atoms with Gasteiger partial charge < -0.3 is 10.0 Å². The molecular weight excluding hydrogens is 238 g/mol. The molecule has 0 radical (unpaired) electrons. The fourth-order valence-corrected chi connectivity index (χ4v) is 2.10. The van der Waals surface area contributed by atoms with Crippen LogP contribution < -0.4 is 0 Å². The molecule has 1 aromatic carbocycles. The Morgan fingerprint density at radius 2 is 2.00 bits per heavy atom. The van der Waals surface area contributed by atoms with Gasteiger partial charge in [-0.1, -0.05) is 29.8 Å². The summed E-state index contributed by atoms with van der Waals surface area (Å²) in [6, 6.07) is 7.67. The molecule has 17 heavy (non-hydrogen) atoms. The van der Waals surface area contributed by atoms with Gasteiger partial charge in [0.15, 0.2) is 0 Å². The molecule has 1 aliphatic heterocycles. The van der Waals surface area contributed by atoms with Gasteiger partial charge in [-0.25, -0.2) is 4.79 Å². The molecule has 1 aliphatic rings. The number of benzene rings is 1. The molecule has 0 aromatic heterocycles. The van der Waals surface area contributed by atoms with E-state index in [1.54, 1.807) is 0 Å². The van der Waals surface area contributed by atoms with Gasteiger partial charge >= 0.3 is 6.09 Å². The molecular formula is C13H14ClNO2. The average Bonchev–Trinajstić information content (AvgIpc) is 2.55. The summed E-state index contributed by atoms with van der Waals surface area (Å²) in [6.07, 6.45) is 2.91. The van der Waals surface area contributed by atoms with Crippen molar-refractivity contribution < 1.29 is 9.90 Å². The van der Waals surface area contributed by atoms with Crippen LogP contribution in [-0.2, 0) is 0 Å². The van der Waals surface area contributed by atoms with Gasteiger partial charge in [-0.05, 0) is 36.1 Å². The van der Waals surface area contributed by atoms with E-state index in [0.29, 0.717) is 13.1 Å². The van der Waals surface area contributed by atoms with E-state index >= 15 is 0 Å². The Bertz CT molecular complexity index is 439. The van der Waals surface area contributed by atoms with Crippen LogP contribution in [0.25, 0.3) is 5.57 Å². The van der Waals surface area contributed by atoms with Crippen molar-refractivity contribution in [1.82, 2.24) is 4.90 Å². The number of carbonyl (C=O) groups is 1. The van der Waals surface area contributed by atoms with Gasteiger partial charge in [-0.3, -0.25) is 0 Å². The van der Waals surface area contributed by atoms with Crippen LogP contribution in [0.2, 0.25) is 5.02 Å². The van der Waals surface area contributed by atoms with E-state index < -0.39 is 6.09 Å². The number of nitrogens with zero attached hydrogens (tertiary/aromatic N) is 1. The number of rotatable bonds is 1. The molecule has 2 rings (SSSR count). The molecule has 0 bridgehead atoms. The minimum atomic E-state index is -0.849. The van der Waals surface area contributed by atoms with Crippen LogP contribution in [0, 0.1) is 0 Å². The molecule has 0 spiro atoms. The zero-order chi connectivity index (χ0) is 12.3. The predicted octanol–water partition coefficient (Wildman–Crippen LogP) is 3.50. The number of amides is 1. The highest BCUT2D eigenvalue weighted by molar-refractivity contribution is 6.30. The molecule has 0 saturated carbocycles. The fraction of sp³-hybridized carbons (Fsp3) is 0.308. The molecule has 0 saturated heterocycles. The SMILES string of the molecule is O=C(O)N1CC=C(c2ccc(Cl)cc2)CCC1. The second-order valence-corrected chi connectivity index (χ2v) is 4.50. The van der Waals surface area contributed by atoms with E-state index in [2.05, 4.69) is 0 Å². The minimum absolute atomic E-state index is 0.466. The smallest absolute Gasteiger partial charge is 0.407 e. The lowest BCUT2D eigenvalue weighted by Gasteiger charge is -2.13. The third kappa shape index (κ3) is 3.01. The standard InChI is InChI=1S/C13H14ClNO2/c14-12-5-3-11(4-6-12)10-2-1-8-15(9-7-10)13(16)17/h3-7H,1-2,8-9H2,(H,16,17). The van der Waals surface area contributed by atoms with Gasteiger partial charge in [0.2, 0.25) is 0 Å². The maximum atomic E-state index is 10.9. The average molecular weight is 252 g/mol. The third-order valence-electron chi connectivity index (χ3n) is 2.92. The van der Waals surface area contributed by atoms with Crippen LogP contribution >= 0.6 is 11.6 Å². The molecule has 1 heterocycles. The lowest BCUT2D eigenvalue weighted by atomic mass is 10.0. The van der Waals surface area contributed by atoms with Crippen LogP contribution in [0.15, 0.2) is 30.3 Å². The lowest BCUT2D eigenvalue weighted by molar-refractivity contribution is 0.150. The molecule has 1 amide bonds. The van der Waals surface area contributed by atoms with Gasteiger partial charge in [0, 0.05) is 18.1 Å². The summed E-state index contributed by atoms with van der Waals surface area (Å²) in [5, 5.41) is 9.65. The summed E-state index contributed by atoms with van der Waals surface area (Å²) in [7, 11) is 0. The van der Waals surface area contributed by atoms with Crippen LogP contribution in [0.5, 0.6) is 0 Å².